The minimum Gasteiger partial charge on any atom is -0.497 e. The molecule has 0 fully saturated rings. The van der Waals surface area contributed by atoms with Gasteiger partial charge in [-0.25, -0.2) is 4.79 Å². The molecule has 0 aliphatic carbocycles. The highest BCUT2D eigenvalue weighted by atomic mass is 35.5. The zero-order valence-corrected chi connectivity index (χ0v) is 16.8. The molecule has 0 saturated carbocycles. The lowest BCUT2D eigenvalue weighted by molar-refractivity contribution is -0.385. The maximum absolute atomic E-state index is 12.1. The summed E-state index contributed by atoms with van der Waals surface area (Å²) in [5.41, 5.74) is -0.388. The van der Waals surface area contributed by atoms with Crippen LogP contribution in [0.2, 0.25) is 5.02 Å². The van der Waals surface area contributed by atoms with Crippen LogP contribution < -0.4 is 10.1 Å². The summed E-state index contributed by atoms with van der Waals surface area (Å²) >= 11 is 5.76. The Kier molecular flexibility index (Phi) is 7.70. The number of methoxy groups -OCH3 is 1. The standard InChI is InChI=1S/C19H18ClN3O7/c1-22(10-17(24)21-13-4-3-5-14(9-13)29-2)18(25)11-30-19(26)15-8-12(20)6-7-16(15)23(27)28/h3-9H,10-11H2,1-2H3,(H,21,24). The van der Waals surface area contributed by atoms with Crippen molar-refractivity contribution in [3.05, 3.63) is 63.2 Å². The smallest absolute Gasteiger partial charge is 0.345 e. The second kappa shape index (κ2) is 10.2. The van der Waals surface area contributed by atoms with Crippen molar-refractivity contribution in [3.63, 3.8) is 0 Å². The first-order chi connectivity index (χ1) is 14.2. The van der Waals surface area contributed by atoms with Gasteiger partial charge in [0.25, 0.3) is 11.6 Å². The number of esters is 1. The number of carbonyl (C=O) groups excluding carboxylic acids is 3. The molecule has 1 N–H and O–H groups in total. The molecule has 0 saturated heterocycles. The summed E-state index contributed by atoms with van der Waals surface area (Å²) in [5.74, 6) is -1.67. The maximum atomic E-state index is 12.1. The first-order valence-corrected chi connectivity index (χ1v) is 8.88. The number of ether oxygens (including phenoxy) is 2. The molecule has 2 amide bonds. The fourth-order valence-electron chi connectivity index (χ4n) is 2.35. The summed E-state index contributed by atoms with van der Waals surface area (Å²) in [6.07, 6.45) is 0. The van der Waals surface area contributed by atoms with E-state index in [0.29, 0.717) is 11.4 Å². The summed E-state index contributed by atoms with van der Waals surface area (Å²) in [6.45, 7) is -1.00. The van der Waals surface area contributed by atoms with Gasteiger partial charge in [-0.15, -0.1) is 0 Å². The second-order valence-corrected chi connectivity index (χ2v) is 6.46. The lowest BCUT2D eigenvalue weighted by Gasteiger charge is -2.17. The minimum absolute atomic E-state index is 0.102. The molecule has 0 heterocycles. The van der Waals surface area contributed by atoms with Crippen LogP contribution in [0.3, 0.4) is 0 Å². The predicted octanol–water partition coefficient (Wildman–Crippen LogP) is 2.51. The first-order valence-electron chi connectivity index (χ1n) is 8.50. The van der Waals surface area contributed by atoms with Crippen LogP contribution in [0, 0.1) is 10.1 Å². The zero-order valence-electron chi connectivity index (χ0n) is 16.1. The van der Waals surface area contributed by atoms with Gasteiger partial charge in [-0.3, -0.25) is 19.7 Å². The number of nitro benzene ring substituents is 1. The van der Waals surface area contributed by atoms with Gasteiger partial charge in [-0.05, 0) is 24.3 Å². The number of benzene rings is 2. The number of hydrogen-bond donors (Lipinski definition) is 1. The Labute approximate surface area is 176 Å². The molecule has 30 heavy (non-hydrogen) atoms. The van der Waals surface area contributed by atoms with Crippen LogP contribution >= 0.6 is 11.6 Å². The monoisotopic (exact) mass is 435 g/mol. The Hall–Kier alpha value is -3.66. The SMILES string of the molecule is COc1cccc(NC(=O)CN(C)C(=O)COC(=O)c2cc(Cl)ccc2[N+](=O)[O-])c1. The number of hydrogen-bond acceptors (Lipinski definition) is 7. The average Bonchev–Trinajstić information content (AvgIpc) is 2.71. The quantitative estimate of drug-likeness (QED) is 0.383. The Balaban J connectivity index is 1.91. The number of nitro groups is 1. The van der Waals surface area contributed by atoms with Crippen LogP contribution in [-0.2, 0) is 14.3 Å². The van der Waals surface area contributed by atoms with E-state index in [1.807, 2.05) is 0 Å². The molecule has 0 spiro atoms. The molecule has 0 aliphatic rings. The molecule has 0 atom stereocenters. The van der Waals surface area contributed by atoms with E-state index in [1.165, 1.54) is 20.2 Å². The van der Waals surface area contributed by atoms with Crippen molar-refractivity contribution in [3.8, 4) is 5.75 Å². The number of halogens is 1. The van der Waals surface area contributed by atoms with E-state index in [2.05, 4.69) is 5.32 Å². The van der Waals surface area contributed by atoms with E-state index >= 15 is 0 Å². The van der Waals surface area contributed by atoms with E-state index in [1.54, 1.807) is 24.3 Å². The third kappa shape index (κ3) is 6.17. The Morgan fingerprint density at radius 1 is 1.20 bits per heavy atom. The lowest BCUT2D eigenvalue weighted by atomic mass is 10.2. The second-order valence-electron chi connectivity index (χ2n) is 6.02. The molecule has 0 bridgehead atoms. The number of anilines is 1. The van der Waals surface area contributed by atoms with Crippen molar-refractivity contribution < 1.29 is 28.8 Å². The highest BCUT2D eigenvalue weighted by Crippen LogP contribution is 2.23. The summed E-state index contributed by atoms with van der Waals surface area (Å²) in [4.78, 5) is 47.7. The van der Waals surface area contributed by atoms with Crippen molar-refractivity contribution in [1.29, 1.82) is 0 Å². The van der Waals surface area contributed by atoms with Crippen molar-refractivity contribution >= 4 is 40.8 Å². The molecule has 0 radical (unpaired) electrons. The molecule has 158 valence electrons. The summed E-state index contributed by atoms with van der Waals surface area (Å²) in [7, 11) is 2.84. The van der Waals surface area contributed by atoms with Gasteiger partial charge in [-0.2, -0.15) is 0 Å². The fraction of sp³-hybridized carbons (Fsp3) is 0.211. The van der Waals surface area contributed by atoms with Gasteiger partial charge in [0, 0.05) is 29.9 Å². The van der Waals surface area contributed by atoms with Gasteiger partial charge in [0.15, 0.2) is 6.61 Å². The maximum Gasteiger partial charge on any atom is 0.345 e. The number of nitrogens with one attached hydrogen (secondary N) is 1. The number of nitrogens with zero attached hydrogens (tertiary/aromatic N) is 2. The van der Waals surface area contributed by atoms with Crippen molar-refractivity contribution in [2.75, 3.05) is 32.6 Å². The van der Waals surface area contributed by atoms with Crippen molar-refractivity contribution in [2.45, 2.75) is 0 Å². The summed E-state index contributed by atoms with van der Waals surface area (Å²) < 4.78 is 9.91. The molecule has 10 nitrogen and oxygen atoms in total. The Bertz CT molecular complexity index is 980. The molecule has 0 aliphatic heterocycles. The number of carbonyl (C=O) groups is 3. The highest BCUT2D eigenvalue weighted by molar-refractivity contribution is 6.31. The van der Waals surface area contributed by atoms with Gasteiger partial charge >= 0.3 is 5.97 Å². The van der Waals surface area contributed by atoms with Crippen LogP contribution in [0.15, 0.2) is 42.5 Å². The molecule has 0 aromatic heterocycles. The molecule has 2 aromatic carbocycles. The van der Waals surface area contributed by atoms with Crippen molar-refractivity contribution in [2.24, 2.45) is 0 Å². The van der Waals surface area contributed by atoms with Crippen LogP contribution in [0.1, 0.15) is 10.4 Å². The van der Waals surface area contributed by atoms with Crippen molar-refractivity contribution in [1.82, 2.24) is 4.90 Å². The van der Waals surface area contributed by atoms with Gasteiger partial charge in [0.1, 0.15) is 11.3 Å². The molecular weight excluding hydrogens is 418 g/mol. The highest BCUT2D eigenvalue weighted by Gasteiger charge is 2.23. The van der Waals surface area contributed by atoms with Gasteiger partial charge in [-0.1, -0.05) is 17.7 Å². The molecule has 0 unspecified atom stereocenters. The molecule has 11 heteroatoms. The number of likely N-dealkylation sites (N-methyl/N-ethyl adjacent to an activating group) is 1. The Morgan fingerprint density at radius 2 is 1.93 bits per heavy atom. The van der Waals surface area contributed by atoms with Gasteiger partial charge in [0.05, 0.1) is 18.6 Å². The largest absolute Gasteiger partial charge is 0.497 e. The average molecular weight is 436 g/mol. The topological polar surface area (TPSA) is 128 Å². The van der Waals surface area contributed by atoms with Crippen LogP contribution in [0.5, 0.6) is 5.75 Å². The predicted molar refractivity (Wildman–Crippen MR) is 108 cm³/mol. The first kappa shape index (κ1) is 22.6. The fourth-order valence-corrected chi connectivity index (χ4v) is 2.52. The van der Waals surface area contributed by atoms with Gasteiger partial charge < -0.3 is 19.7 Å². The zero-order chi connectivity index (χ0) is 22.3. The van der Waals surface area contributed by atoms with Crippen LogP contribution in [0.25, 0.3) is 0 Å². The summed E-state index contributed by atoms with van der Waals surface area (Å²) in [6, 6.07) is 10.1. The summed E-state index contributed by atoms with van der Waals surface area (Å²) in [5, 5.41) is 13.7. The van der Waals surface area contributed by atoms with E-state index in [9.17, 15) is 24.5 Å². The van der Waals surface area contributed by atoms with Gasteiger partial charge in [0.2, 0.25) is 5.91 Å². The van der Waals surface area contributed by atoms with Crippen LogP contribution in [-0.4, -0.2) is 54.9 Å². The molecule has 2 rings (SSSR count). The number of amides is 2. The molecule has 2 aromatic rings. The van der Waals surface area contributed by atoms with Crippen LogP contribution in [0.4, 0.5) is 11.4 Å². The third-order valence-electron chi connectivity index (χ3n) is 3.86. The molecular formula is C19H18ClN3O7. The number of rotatable bonds is 8. The minimum atomic E-state index is -1.08. The van der Waals surface area contributed by atoms with E-state index in [4.69, 9.17) is 21.1 Å². The third-order valence-corrected chi connectivity index (χ3v) is 4.10. The Morgan fingerprint density at radius 3 is 2.60 bits per heavy atom. The van der Waals surface area contributed by atoms with E-state index in [0.717, 1.165) is 17.0 Å². The lowest BCUT2D eigenvalue weighted by Crippen LogP contribution is -2.37. The normalized spacial score (nSPS) is 10.1. The van der Waals surface area contributed by atoms with E-state index in [-0.39, 0.29) is 17.1 Å². The van der Waals surface area contributed by atoms with E-state index < -0.39 is 35.0 Å².